The number of rotatable bonds is 6. The van der Waals surface area contributed by atoms with Crippen molar-refractivity contribution in [2.24, 2.45) is 22.2 Å². The van der Waals surface area contributed by atoms with Gasteiger partial charge in [-0.05, 0) is 25.7 Å². The smallest absolute Gasteiger partial charge is 0.233 e. The molecule has 0 spiro atoms. The fourth-order valence-corrected chi connectivity index (χ4v) is 2.45. The number of amides is 1. The van der Waals surface area contributed by atoms with E-state index < -0.39 is 5.41 Å². The molecule has 0 heterocycles. The lowest BCUT2D eigenvalue weighted by atomic mass is 9.85. The Kier molecular flexibility index (Phi) is 5.44. The highest BCUT2D eigenvalue weighted by atomic mass is 16.4. The molecule has 5 nitrogen and oxygen atoms in total. The Balaban J connectivity index is 2.42. The predicted molar refractivity (Wildman–Crippen MR) is 71.4 cm³/mol. The lowest BCUT2D eigenvalue weighted by Gasteiger charge is -2.25. The van der Waals surface area contributed by atoms with Crippen LogP contribution >= 0.6 is 0 Å². The molecule has 0 aliphatic heterocycles. The Morgan fingerprint density at radius 1 is 1.50 bits per heavy atom. The van der Waals surface area contributed by atoms with Gasteiger partial charge in [0.05, 0.1) is 0 Å². The molecule has 1 atom stereocenters. The second-order valence-corrected chi connectivity index (χ2v) is 5.37. The first-order valence-electron chi connectivity index (χ1n) is 6.81. The lowest BCUT2D eigenvalue weighted by Crippen LogP contribution is -2.47. The summed E-state index contributed by atoms with van der Waals surface area (Å²) >= 11 is 0. The largest absolute Gasteiger partial charge is 0.409 e. The van der Waals surface area contributed by atoms with Crippen LogP contribution in [0.2, 0.25) is 0 Å². The van der Waals surface area contributed by atoms with Crippen LogP contribution in [0.1, 0.15) is 52.4 Å². The van der Waals surface area contributed by atoms with Crippen LogP contribution in [0.15, 0.2) is 5.16 Å². The number of amidine groups is 1. The maximum Gasteiger partial charge on any atom is 0.233 e. The number of carbonyl (C=O) groups excluding carboxylic acids is 1. The van der Waals surface area contributed by atoms with Gasteiger partial charge in [-0.3, -0.25) is 4.79 Å². The number of nitrogens with zero attached hydrogens (tertiary/aromatic N) is 1. The minimum atomic E-state index is -0.912. The van der Waals surface area contributed by atoms with Crippen LogP contribution in [0.4, 0.5) is 0 Å². The van der Waals surface area contributed by atoms with Crippen molar-refractivity contribution in [3.8, 4) is 0 Å². The van der Waals surface area contributed by atoms with E-state index in [2.05, 4.69) is 10.5 Å². The molecule has 1 unspecified atom stereocenters. The van der Waals surface area contributed by atoms with E-state index in [1.54, 1.807) is 6.92 Å². The van der Waals surface area contributed by atoms with Crippen molar-refractivity contribution < 1.29 is 10.0 Å². The molecule has 1 rings (SSSR count). The molecular weight excluding hydrogens is 230 g/mol. The number of nitrogens with one attached hydrogen (secondary N) is 1. The average Bonchev–Trinajstić information content (AvgIpc) is 2.89. The number of carbonyl (C=O) groups is 1. The molecule has 1 amide bonds. The summed E-state index contributed by atoms with van der Waals surface area (Å²) in [4.78, 5) is 12.1. The van der Waals surface area contributed by atoms with Gasteiger partial charge in [-0.25, -0.2) is 0 Å². The van der Waals surface area contributed by atoms with E-state index >= 15 is 0 Å². The van der Waals surface area contributed by atoms with Crippen molar-refractivity contribution in [1.82, 2.24) is 5.32 Å². The van der Waals surface area contributed by atoms with Gasteiger partial charge in [0.15, 0.2) is 5.84 Å². The van der Waals surface area contributed by atoms with Gasteiger partial charge >= 0.3 is 0 Å². The van der Waals surface area contributed by atoms with Gasteiger partial charge in [0, 0.05) is 6.54 Å². The molecule has 1 saturated carbocycles. The Bertz CT molecular complexity index is 311. The third-order valence-electron chi connectivity index (χ3n) is 4.19. The summed E-state index contributed by atoms with van der Waals surface area (Å²) in [7, 11) is 0. The molecule has 0 aromatic heterocycles. The second kappa shape index (κ2) is 6.61. The molecule has 0 saturated heterocycles. The third-order valence-corrected chi connectivity index (χ3v) is 4.19. The summed E-state index contributed by atoms with van der Waals surface area (Å²) in [6, 6.07) is 0. The standard InChI is InChI=1S/C13H25N3O2/c1-3-13(2,11(14)16-18)12(17)15-9-8-10-6-4-5-7-10/h10,18H,3-9H2,1-2H3,(H2,14,16)(H,15,17). The van der Waals surface area contributed by atoms with Crippen molar-refractivity contribution in [3.05, 3.63) is 0 Å². The third kappa shape index (κ3) is 3.37. The van der Waals surface area contributed by atoms with Gasteiger partial charge in [0.25, 0.3) is 0 Å². The van der Waals surface area contributed by atoms with Crippen LogP contribution in [0.5, 0.6) is 0 Å². The first-order valence-corrected chi connectivity index (χ1v) is 6.81. The summed E-state index contributed by atoms with van der Waals surface area (Å²) in [5.41, 5.74) is 4.68. The van der Waals surface area contributed by atoms with Crippen LogP contribution in [0, 0.1) is 11.3 Å². The molecule has 0 aromatic carbocycles. The maximum absolute atomic E-state index is 12.1. The molecule has 1 fully saturated rings. The maximum atomic E-state index is 12.1. The van der Waals surface area contributed by atoms with Crippen molar-refractivity contribution in [2.45, 2.75) is 52.4 Å². The minimum Gasteiger partial charge on any atom is -0.409 e. The van der Waals surface area contributed by atoms with Gasteiger partial charge in [-0.2, -0.15) is 0 Å². The number of nitrogens with two attached hydrogens (primary N) is 1. The van der Waals surface area contributed by atoms with E-state index in [1.807, 2.05) is 6.92 Å². The van der Waals surface area contributed by atoms with Crippen molar-refractivity contribution in [2.75, 3.05) is 6.54 Å². The van der Waals surface area contributed by atoms with E-state index in [9.17, 15) is 4.79 Å². The highest BCUT2D eigenvalue weighted by Gasteiger charge is 2.36. The SMILES string of the molecule is CCC(C)(C(=O)NCCC1CCCC1)C(N)=NO. The second-order valence-electron chi connectivity index (χ2n) is 5.37. The fourth-order valence-electron chi connectivity index (χ4n) is 2.45. The quantitative estimate of drug-likeness (QED) is 0.293. The fraction of sp³-hybridized carbons (Fsp3) is 0.846. The molecule has 18 heavy (non-hydrogen) atoms. The molecule has 1 aliphatic carbocycles. The van der Waals surface area contributed by atoms with Gasteiger partial charge in [-0.15, -0.1) is 0 Å². The van der Waals surface area contributed by atoms with Crippen LogP contribution in [0.25, 0.3) is 0 Å². The Hall–Kier alpha value is -1.26. The summed E-state index contributed by atoms with van der Waals surface area (Å²) in [6.45, 7) is 4.24. The summed E-state index contributed by atoms with van der Waals surface area (Å²) in [6.07, 6.45) is 6.73. The van der Waals surface area contributed by atoms with E-state index in [0.717, 1.165) is 12.3 Å². The molecule has 0 bridgehead atoms. The highest BCUT2D eigenvalue weighted by Crippen LogP contribution is 2.27. The van der Waals surface area contributed by atoms with Gasteiger partial charge in [-0.1, -0.05) is 37.8 Å². The lowest BCUT2D eigenvalue weighted by molar-refractivity contribution is -0.127. The van der Waals surface area contributed by atoms with Crippen molar-refractivity contribution in [1.29, 1.82) is 0 Å². The summed E-state index contributed by atoms with van der Waals surface area (Å²) < 4.78 is 0. The van der Waals surface area contributed by atoms with E-state index in [-0.39, 0.29) is 11.7 Å². The number of hydrogen-bond donors (Lipinski definition) is 3. The van der Waals surface area contributed by atoms with E-state index in [1.165, 1.54) is 25.7 Å². The zero-order chi connectivity index (χ0) is 13.6. The summed E-state index contributed by atoms with van der Waals surface area (Å²) in [5, 5.41) is 14.6. The number of hydrogen-bond acceptors (Lipinski definition) is 3. The number of oxime groups is 1. The minimum absolute atomic E-state index is 0.0247. The zero-order valence-electron chi connectivity index (χ0n) is 11.4. The van der Waals surface area contributed by atoms with Crippen molar-refractivity contribution >= 4 is 11.7 Å². The van der Waals surface area contributed by atoms with Crippen LogP contribution < -0.4 is 11.1 Å². The topological polar surface area (TPSA) is 87.7 Å². The first-order chi connectivity index (χ1) is 8.54. The molecule has 0 aromatic rings. The Morgan fingerprint density at radius 3 is 2.61 bits per heavy atom. The molecule has 1 aliphatic rings. The van der Waals surface area contributed by atoms with Gasteiger partial charge in [0.1, 0.15) is 5.41 Å². The van der Waals surface area contributed by atoms with Gasteiger partial charge < -0.3 is 16.3 Å². The average molecular weight is 255 g/mol. The van der Waals surface area contributed by atoms with Crippen LogP contribution in [-0.4, -0.2) is 23.5 Å². The van der Waals surface area contributed by atoms with E-state index in [4.69, 9.17) is 10.9 Å². The first kappa shape index (κ1) is 14.8. The monoisotopic (exact) mass is 255 g/mol. The molecule has 5 heteroatoms. The van der Waals surface area contributed by atoms with Crippen molar-refractivity contribution in [3.63, 3.8) is 0 Å². The van der Waals surface area contributed by atoms with Crippen LogP contribution in [0.3, 0.4) is 0 Å². The Morgan fingerprint density at radius 2 is 2.11 bits per heavy atom. The van der Waals surface area contributed by atoms with Crippen LogP contribution in [-0.2, 0) is 4.79 Å². The summed E-state index contributed by atoms with van der Waals surface area (Å²) in [5.74, 6) is 0.573. The molecular formula is C13H25N3O2. The molecule has 4 N–H and O–H groups in total. The molecule has 104 valence electrons. The normalized spacial score (nSPS) is 20.7. The Labute approximate surface area is 109 Å². The molecule has 0 radical (unpaired) electrons. The van der Waals surface area contributed by atoms with Gasteiger partial charge in [0.2, 0.25) is 5.91 Å². The predicted octanol–water partition coefficient (Wildman–Crippen LogP) is 1.85. The highest BCUT2D eigenvalue weighted by molar-refractivity contribution is 6.06. The zero-order valence-corrected chi connectivity index (χ0v) is 11.4. The van der Waals surface area contributed by atoms with E-state index in [0.29, 0.717) is 13.0 Å².